The molecule has 0 amide bonds. The number of hydrogen-bond donors (Lipinski definition) is 4. The van der Waals surface area contributed by atoms with E-state index in [1.54, 1.807) is 0 Å². The third kappa shape index (κ3) is 95.2. The summed E-state index contributed by atoms with van der Waals surface area (Å²) in [5, 5.41) is 20.8. The highest BCUT2D eigenvalue weighted by atomic mass is 31.2. The quantitative estimate of drug-likeness (QED) is 0.0146. The van der Waals surface area contributed by atoms with Crippen molar-refractivity contribution >= 4 is 33.6 Å². The van der Waals surface area contributed by atoms with Gasteiger partial charge in [0, 0.05) is 19.3 Å². The summed E-state index contributed by atoms with van der Waals surface area (Å²) < 4.78 is 61.6. The van der Waals surface area contributed by atoms with Crippen molar-refractivity contribution in [1.82, 2.24) is 0 Å². The SMILES string of the molecule is CC/C=C\C/C=C\C/C=C\C/C=C\C/C=C\C/C=C\CCCCCCCCCCCCCCC(=O)OCC(O)COP(=O)(O)OCC(O)COP(=O)(O)OCC(COC(=O)CCCCCCCCCCCCCCC/C=C\C/C=C\C/C=C\C/C=C\CCCCC)OC(=O)CCCCCCCCCCC/C=C\C/C=C\C/C=C\C/C=C\C/C=C\CC. The number of carbonyl (C=O) groups excluding carboxylic acids is 3. The van der Waals surface area contributed by atoms with Crippen molar-refractivity contribution in [3.8, 4) is 0 Å². The van der Waals surface area contributed by atoms with E-state index < -0.39 is 91.5 Å². The number of unbranched alkanes of at least 4 members (excludes halogenated alkanes) is 37. The standard InChI is InChI=1S/C103H174O16P2/c1-4-7-10-13-16-19-22-25-28-31-34-37-40-43-45-47-48-50-52-54-56-59-62-65-68-71-74-77-80-83-86-89-101(106)113-92-98(104)93-115-120(109,110)116-94-99(105)95-117-121(111,112)118-97-100(119-103(108)91-88-85-82-79-76-73-70-67-64-61-58-53-42-39-36-33-30-27-24-21-18-15-12-9-6-3)96-114-102(107)90-87-84-81-78-75-72-69-66-63-60-57-55-51-49-46-44-41-38-35-32-29-26-23-20-17-14-11-8-5-2/h7,9-10,12,16-21,25-30,34-39,43-46,48,50,53,58,98-100,104-105H,4-6,8,11,13-15,22-24,31-33,40-42,47,49,51-52,54-57,59-97H2,1-3H3,(H,109,110)(H,111,112)/b10-7-,12-9-,19-16-,20-17-,21-18-,28-25-,29-26-,30-27-,37-34-,38-35-,39-36-,45-43-,46-44-,50-48-,58-53-. The number of phosphoric ester groups is 2. The highest BCUT2D eigenvalue weighted by Gasteiger charge is 2.30. The van der Waals surface area contributed by atoms with E-state index in [0.29, 0.717) is 19.3 Å². The molecule has 0 bridgehead atoms. The molecule has 0 aromatic heterocycles. The van der Waals surface area contributed by atoms with Gasteiger partial charge in [-0.3, -0.25) is 32.5 Å². The zero-order valence-corrected chi connectivity index (χ0v) is 78.2. The molecule has 0 heterocycles. The molecule has 5 unspecified atom stereocenters. The fraction of sp³-hybridized carbons (Fsp3) is 0.680. The molecular weight excluding hydrogens is 1560 g/mol. The lowest BCUT2D eigenvalue weighted by Gasteiger charge is -2.21. The molecular formula is C103H174O16P2. The number of esters is 3. The minimum Gasteiger partial charge on any atom is -0.463 e. The molecule has 0 radical (unpaired) electrons. The van der Waals surface area contributed by atoms with Crippen molar-refractivity contribution in [3.05, 3.63) is 182 Å². The fourth-order valence-corrected chi connectivity index (χ4v) is 14.5. The molecule has 0 aromatic carbocycles. The average Bonchev–Trinajstić information content (AvgIpc) is 0.894. The van der Waals surface area contributed by atoms with Gasteiger partial charge < -0.3 is 34.2 Å². The molecule has 0 aliphatic heterocycles. The molecule has 0 aromatic rings. The van der Waals surface area contributed by atoms with Crippen LogP contribution < -0.4 is 0 Å². The molecule has 0 spiro atoms. The van der Waals surface area contributed by atoms with Gasteiger partial charge in [-0.25, -0.2) is 9.13 Å². The zero-order valence-electron chi connectivity index (χ0n) is 76.4. The predicted molar refractivity (Wildman–Crippen MR) is 509 cm³/mol. The Bertz CT molecular complexity index is 2930. The smallest absolute Gasteiger partial charge is 0.463 e. The zero-order chi connectivity index (χ0) is 87.9. The number of ether oxygens (including phenoxy) is 3. The molecule has 4 N–H and O–H groups in total. The molecule has 0 saturated heterocycles. The van der Waals surface area contributed by atoms with E-state index in [2.05, 4.69) is 203 Å². The number of allylic oxidation sites excluding steroid dienone is 30. The Morgan fingerprint density at radius 2 is 0.438 bits per heavy atom. The van der Waals surface area contributed by atoms with Crippen LogP contribution in [0.15, 0.2) is 182 Å². The normalized spacial score (nSPS) is 14.5. The summed E-state index contributed by atoms with van der Waals surface area (Å²) in [5.41, 5.74) is 0. The van der Waals surface area contributed by atoms with Gasteiger partial charge in [-0.2, -0.15) is 0 Å². The van der Waals surface area contributed by atoms with Crippen molar-refractivity contribution in [2.45, 2.75) is 411 Å². The molecule has 18 heteroatoms. The first-order valence-corrected chi connectivity index (χ1v) is 51.1. The first-order chi connectivity index (χ1) is 59.2. The summed E-state index contributed by atoms with van der Waals surface area (Å²) in [7, 11) is -9.82. The molecule has 692 valence electrons. The second-order valence-corrected chi connectivity index (χ2v) is 34.7. The number of hydrogen-bond acceptors (Lipinski definition) is 14. The Balaban J connectivity index is 4.64. The molecule has 16 nitrogen and oxygen atoms in total. The largest absolute Gasteiger partial charge is 0.472 e. The Hall–Kier alpha value is -5.35. The number of aliphatic hydroxyl groups is 2. The monoisotopic (exact) mass is 1730 g/mol. The van der Waals surface area contributed by atoms with E-state index in [1.165, 1.54) is 154 Å². The van der Waals surface area contributed by atoms with Gasteiger partial charge >= 0.3 is 33.6 Å². The third-order valence-electron chi connectivity index (χ3n) is 20.1. The van der Waals surface area contributed by atoms with Crippen LogP contribution in [-0.2, 0) is 55.8 Å². The van der Waals surface area contributed by atoms with Crippen molar-refractivity contribution < 1.29 is 75.8 Å². The first-order valence-electron chi connectivity index (χ1n) is 48.1. The third-order valence-corrected chi connectivity index (χ3v) is 22.0. The maximum atomic E-state index is 13.1. The Morgan fingerprint density at radius 1 is 0.240 bits per heavy atom. The Labute approximate surface area is 738 Å². The molecule has 0 saturated carbocycles. The highest BCUT2D eigenvalue weighted by Crippen LogP contribution is 2.45. The summed E-state index contributed by atoms with van der Waals surface area (Å²) in [5.74, 6) is -1.58. The van der Waals surface area contributed by atoms with Crippen LogP contribution in [0.5, 0.6) is 0 Å². The first kappa shape index (κ1) is 116. The van der Waals surface area contributed by atoms with E-state index in [-0.39, 0.29) is 19.3 Å². The van der Waals surface area contributed by atoms with Crippen LogP contribution in [0, 0.1) is 0 Å². The van der Waals surface area contributed by atoms with Gasteiger partial charge in [0.2, 0.25) is 0 Å². The minimum absolute atomic E-state index is 0.0923. The van der Waals surface area contributed by atoms with Crippen molar-refractivity contribution in [1.29, 1.82) is 0 Å². The van der Waals surface area contributed by atoms with Gasteiger partial charge in [-0.05, 0) is 161 Å². The molecule has 121 heavy (non-hydrogen) atoms. The van der Waals surface area contributed by atoms with E-state index in [1.807, 2.05) is 0 Å². The van der Waals surface area contributed by atoms with Crippen LogP contribution in [0.25, 0.3) is 0 Å². The van der Waals surface area contributed by atoms with Gasteiger partial charge in [0.05, 0.1) is 26.4 Å². The van der Waals surface area contributed by atoms with E-state index >= 15 is 0 Å². The van der Waals surface area contributed by atoms with Crippen LogP contribution in [0.1, 0.15) is 393 Å². The van der Waals surface area contributed by atoms with Crippen molar-refractivity contribution in [2.24, 2.45) is 0 Å². The second kappa shape index (κ2) is 93.8. The predicted octanol–water partition coefficient (Wildman–Crippen LogP) is 30.0. The van der Waals surface area contributed by atoms with Crippen LogP contribution in [0.2, 0.25) is 0 Å². The summed E-state index contributed by atoms with van der Waals surface area (Å²) in [6.45, 7) is 2.46. The highest BCUT2D eigenvalue weighted by molar-refractivity contribution is 7.47. The summed E-state index contributed by atoms with van der Waals surface area (Å²) in [6, 6.07) is 0. The molecule has 0 aliphatic carbocycles. The maximum absolute atomic E-state index is 13.1. The summed E-state index contributed by atoms with van der Waals surface area (Å²) in [4.78, 5) is 59.1. The summed E-state index contributed by atoms with van der Waals surface area (Å²) >= 11 is 0. The van der Waals surface area contributed by atoms with Crippen LogP contribution in [0.4, 0.5) is 0 Å². The van der Waals surface area contributed by atoms with Gasteiger partial charge in [0.15, 0.2) is 6.10 Å². The lowest BCUT2D eigenvalue weighted by Crippen LogP contribution is -2.30. The van der Waals surface area contributed by atoms with Crippen LogP contribution in [-0.4, -0.2) is 95.9 Å². The van der Waals surface area contributed by atoms with Gasteiger partial charge in [0.25, 0.3) is 0 Å². The number of carbonyl (C=O) groups is 3. The average molecular weight is 1730 g/mol. The molecule has 0 rings (SSSR count). The lowest BCUT2D eigenvalue weighted by atomic mass is 10.0. The fourth-order valence-electron chi connectivity index (χ4n) is 12.9. The van der Waals surface area contributed by atoms with Crippen LogP contribution >= 0.6 is 15.6 Å². The van der Waals surface area contributed by atoms with Crippen LogP contribution in [0.3, 0.4) is 0 Å². The van der Waals surface area contributed by atoms with E-state index in [9.17, 15) is 43.5 Å². The minimum atomic E-state index is -4.95. The summed E-state index contributed by atoms with van der Waals surface area (Å²) in [6.07, 6.45) is 124. The number of aliphatic hydroxyl groups excluding tert-OH is 2. The lowest BCUT2D eigenvalue weighted by molar-refractivity contribution is -0.161. The Kier molecular flexibility index (Phi) is 89.6. The molecule has 5 atom stereocenters. The maximum Gasteiger partial charge on any atom is 0.472 e. The molecule has 0 aliphatic rings. The topological polar surface area (TPSA) is 231 Å². The second-order valence-electron chi connectivity index (χ2n) is 31.8. The van der Waals surface area contributed by atoms with Gasteiger partial charge in [-0.15, -0.1) is 0 Å². The van der Waals surface area contributed by atoms with Gasteiger partial charge in [0.1, 0.15) is 25.4 Å². The number of rotatable bonds is 90. The van der Waals surface area contributed by atoms with Gasteiger partial charge in [-0.1, -0.05) is 396 Å². The molecule has 0 fully saturated rings. The van der Waals surface area contributed by atoms with E-state index in [0.717, 1.165) is 180 Å². The Morgan fingerprint density at radius 3 is 0.694 bits per heavy atom. The van der Waals surface area contributed by atoms with Crippen molar-refractivity contribution in [3.63, 3.8) is 0 Å². The number of phosphoric acid groups is 2. The van der Waals surface area contributed by atoms with E-state index in [4.69, 9.17) is 32.3 Å². The van der Waals surface area contributed by atoms with Crippen molar-refractivity contribution in [2.75, 3.05) is 39.6 Å².